The number of benzene rings is 3. The number of rotatable bonds is 4. The van der Waals surface area contributed by atoms with Crippen molar-refractivity contribution in [1.29, 1.82) is 0 Å². The summed E-state index contributed by atoms with van der Waals surface area (Å²) in [4.78, 5) is 23.8. The molecule has 1 heterocycles. The van der Waals surface area contributed by atoms with Gasteiger partial charge in [0.1, 0.15) is 5.75 Å². The molecule has 0 spiro atoms. The monoisotopic (exact) mass is 464 g/mol. The topological polar surface area (TPSA) is 56.5 Å². The quantitative estimate of drug-likeness (QED) is 0.251. The summed E-state index contributed by atoms with van der Waals surface area (Å²) in [5.74, 6) is -0.193. The minimum Gasteiger partial charge on any atom is -0.426 e. The van der Waals surface area contributed by atoms with Crippen molar-refractivity contribution in [2.24, 2.45) is 0 Å². The molecule has 0 N–H and O–H groups in total. The Morgan fingerprint density at radius 1 is 0.966 bits per heavy atom. The zero-order valence-electron chi connectivity index (χ0n) is 14.6. The van der Waals surface area contributed by atoms with Crippen molar-refractivity contribution in [2.45, 2.75) is 6.42 Å². The molecule has 0 aliphatic heterocycles. The second-order valence-corrected chi connectivity index (χ2v) is 8.32. The molecule has 29 heavy (non-hydrogen) atoms. The van der Waals surface area contributed by atoms with Gasteiger partial charge in [-0.3, -0.25) is 4.79 Å². The molecule has 3 aromatic carbocycles. The molecule has 0 bridgehead atoms. The number of carbonyl (C=O) groups excluding carboxylic acids is 1. The largest absolute Gasteiger partial charge is 0.426 e. The van der Waals surface area contributed by atoms with Crippen LogP contribution in [0.2, 0.25) is 15.1 Å². The summed E-state index contributed by atoms with van der Waals surface area (Å²) in [5.41, 5.74) is 2.30. The van der Waals surface area contributed by atoms with Crippen molar-refractivity contribution in [3.05, 3.63) is 85.0 Å². The second kappa shape index (κ2) is 8.20. The fourth-order valence-electron chi connectivity index (χ4n) is 2.85. The number of hydrogen-bond donors (Lipinski definition) is 0. The molecule has 1 aromatic heterocycles. The normalized spacial score (nSPS) is 11.0. The van der Waals surface area contributed by atoms with Gasteiger partial charge in [-0.25, -0.2) is 4.79 Å². The van der Waals surface area contributed by atoms with Crippen LogP contribution in [0.3, 0.4) is 0 Å². The van der Waals surface area contributed by atoms with Crippen LogP contribution in [0, 0.1) is 0 Å². The number of carbonyl (C=O) groups is 1. The van der Waals surface area contributed by atoms with E-state index in [-0.39, 0.29) is 12.2 Å². The van der Waals surface area contributed by atoms with Crippen LogP contribution in [0.15, 0.2) is 63.8 Å². The molecule has 0 saturated carbocycles. The Morgan fingerprint density at radius 3 is 2.52 bits per heavy atom. The molecule has 0 aliphatic rings. The van der Waals surface area contributed by atoms with Gasteiger partial charge in [0.25, 0.3) is 0 Å². The number of ether oxygens (including phenoxy) is 1. The van der Waals surface area contributed by atoms with Crippen LogP contribution in [0.4, 0.5) is 0 Å². The molecule has 146 valence electrons. The van der Waals surface area contributed by atoms with E-state index in [0.717, 1.165) is 11.3 Å². The smallest absolute Gasteiger partial charge is 0.396 e. The molecule has 4 nitrogen and oxygen atoms in total. The fourth-order valence-corrected chi connectivity index (χ4v) is 4.08. The third-order valence-electron chi connectivity index (χ3n) is 4.16. The maximum atomic E-state index is 12.4. The summed E-state index contributed by atoms with van der Waals surface area (Å²) in [5, 5.41) is 1.25. The van der Waals surface area contributed by atoms with E-state index in [2.05, 4.69) is 0 Å². The average Bonchev–Trinajstić information content (AvgIpc) is 3.05. The number of halogens is 3. The van der Waals surface area contributed by atoms with Crippen LogP contribution < -0.4 is 9.68 Å². The highest BCUT2D eigenvalue weighted by molar-refractivity contribution is 7.16. The van der Waals surface area contributed by atoms with Crippen molar-refractivity contribution >= 4 is 62.4 Å². The maximum absolute atomic E-state index is 12.4. The molecule has 0 atom stereocenters. The zero-order chi connectivity index (χ0) is 20.5. The van der Waals surface area contributed by atoms with Gasteiger partial charge in [-0.1, -0.05) is 70.4 Å². The van der Waals surface area contributed by atoms with Gasteiger partial charge in [-0.2, -0.15) is 0 Å². The van der Waals surface area contributed by atoms with Gasteiger partial charge < -0.3 is 9.15 Å². The second-order valence-electron chi connectivity index (χ2n) is 6.12. The van der Waals surface area contributed by atoms with E-state index in [4.69, 9.17) is 44.0 Å². The van der Waals surface area contributed by atoms with E-state index in [1.165, 1.54) is 0 Å². The standard InChI is InChI=1S/C21H11Cl3O4S/c22-15-4-2-1-3-12(15)8-19(25)27-13-9-14(11-5-6-16(23)17(24)7-11)20-18(10-13)29-21(26)28-20/h1-7,9-10H,8H2. The lowest BCUT2D eigenvalue weighted by Gasteiger charge is -2.09. The van der Waals surface area contributed by atoms with E-state index >= 15 is 0 Å². The Hall–Kier alpha value is -2.31. The van der Waals surface area contributed by atoms with Gasteiger partial charge >= 0.3 is 10.9 Å². The third kappa shape index (κ3) is 4.33. The molecule has 0 amide bonds. The Kier molecular flexibility index (Phi) is 5.65. The minimum atomic E-state index is -0.478. The summed E-state index contributed by atoms with van der Waals surface area (Å²) in [7, 11) is 0. The predicted octanol–water partition coefficient (Wildman–Crippen LogP) is 6.63. The van der Waals surface area contributed by atoms with Gasteiger partial charge in [-0.15, -0.1) is 0 Å². The molecule has 0 radical (unpaired) electrons. The lowest BCUT2D eigenvalue weighted by Crippen LogP contribution is -2.11. The van der Waals surface area contributed by atoms with E-state index in [0.29, 0.717) is 42.0 Å². The van der Waals surface area contributed by atoms with Crippen LogP contribution in [-0.2, 0) is 11.2 Å². The van der Waals surface area contributed by atoms with Gasteiger partial charge in [0.2, 0.25) is 0 Å². The molecule has 8 heteroatoms. The average molecular weight is 466 g/mol. The summed E-state index contributed by atoms with van der Waals surface area (Å²) >= 11 is 19.2. The first-order chi connectivity index (χ1) is 13.9. The minimum absolute atomic E-state index is 0.0153. The molecular formula is C21H11Cl3O4S. The van der Waals surface area contributed by atoms with Gasteiger partial charge in [0, 0.05) is 16.7 Å². The molecule has 0 aliphatic carbocycles. The van der Waals surface area contributed by atoms with Crippen molar-refractivity contribution < 1.29 is 13.9 Å². The highest BCUT2D eigenvalue weighted by Crippen LogP contribution is 2.37. The Bertz CT molecular complexity index is 1290. The maximum Gasteiger partial charge on any atom is 0.396 e. The predicted molar refractivity (Wildman–Crippen MR) is 117 cm³/mol. The molecule has 0 fully saturated rings. The van der Waals surface area contributed by atoms with Crippen LogP contribution in [0.1, 0.15) is 5.56 Å². The number of hydrogen-bond acceptors (Lipinski definition) is 5. The highest BCUT2D eigenvalue weighted by Gasteiger charge is 2.16. The molecule has 4 rings (SSSR count). The zero-order valence-corrected chi connectivity index (χ0v) is 17.7. The van der Waals surface area contributed by atoms with E-state index < -0.39 is 10.9 Å². The third-order valence-corrected chi connectivity index (χ3v) is 6.04. The lowest BCUT2D eigenvalue weighted by atomic mass is 10.0. The Labute approximate surface area is 184 Å². The summed E-state index contributed by atoms with van der Waals surface area (Å²) in [6.07, 6.45) is 0.0153. The van der Waals surface area contributed by atoms with Crippen molar-refractivity contribution in [2.75, 3.05) is 0 Å². The summed E-state index contributed by atoms with van der Waals surface area (Å²) in [6, 6.07) is 15.3. The van der Waals surface area contributed by atoms with Crippen molar-refractivity contribution in [3.8, 4) is 16.9 Å². The molecular weight excluding hydrogens is 455 g/mol. The molecule has 0 unspecified atom stereocenters. The van der Waals surface area contributed by atoms with Crippen LogP contribution in [-0.4, -0.2) is 5.97 Å². The van der Waals surface area contributed by atoms with Crippen molar-refractivity contribution in [1.82, 2.24) is 0 Å². The fraction of sp³-hybridized carbons (Fsp3) is 0.0476. The van der Waals surface area contributed by atoms with Crippen LogP contribution in [0.5, 0.6) is 5.75 Å². The summed E-state index contributed by atoms with van der Waals surface area (Å²) in [6.45, 7) is 0. The van der Waals surface area contributed by atoms with E-state index in [9.17, 15) is 9.59 Å². The van der Waals surface area contributed by atoms with Crippen LogP contribution >= 0.6 is 46.1 Å². The summed E-state index contributed by atoms with van der Waals surface area (Å²) < 4.78 is 11.4. The van der Waals surface area contributed by atoms with Crippen LogP contribution in [0.25, 0.3) is 21.4 Å². The first-order valence-corrected chi connectivity index (χ1v) is 10.3. The molecule has 0 saturated heterocycles. The first kappa shape index (κ1) is 20.0. The van der Waals surface area contributed by atoms with Gasteiger partial charge in [-0.05, 0) is 35.4 Å². The number of esters is 1. The highest BCUT2D eigenvalue weighted by atomic mass is 35.5. The Balaban J connectivity index is 1.72. The number of fused-ring (bicyclic) bond motifs is 1. The van der Waals surface area contributed by atoms with Gasteiger partial charge in [0.15, 0.2) is 5.58 Å². The SMILES string of the molecule is O=C(Cc1ccccc1Cl)Oc1cc(-c2ccc(Cl)c(Cl)c2)c2oc(=O)sc2c1. The van der Waals surface area contributed by atoms with Gasteiger partial charge in [0.05, 0.1) is 21.2 Å². The van der Waals surface area contributed by atoms with E-state index in [1.54, 1.807) is 54.6 Å². The van der Waals surface area contributed by atoms with E-state index in [1.807, 2.05) is 0 Å². The Morgan fingerprint density at radius 2 is 1.76 bits per heavy atom. The molecule has 4 aromatic rings. The lowest BCUT2D eigenvalue weighted by molar-refractivity contribution is -0.133. The van der Waals surface area contributed by atoms with Crippen molar-refractivity contribution in [3.63, 3.8) is 0 Å². The first-order valence-electron chi connectivity index (χ1n) is 8.38.